The number of hydrogen-bond acceptors (Lipinski definition) is 4. The highest BCUT2D eigenvalue weighted by Gasteiger charge is 2.25. The van der Waals surface area contributed by atoms with Gasteiger partial charge in [0.2, 0.25) is 5.89 Å². The van der Waals surface area contributed by atoms with Gasteiger partial charge in [0.1, 0.15) is 0 Å². The monoisotopic (exact) mass is 295 g/mol. The Morgan fingerprint density at radius 1 is 1.40 bits per heavy atom. The van der Waals surface area contributed by atoms with Crippen molar-refractivity contribution in [2.45, 2.75) is 38.1 Å². The number of benzene rings is 1. The molecule has 0 saturated heterocycles. The quantitative estimate of drug-likeness (QED) is 0.908. The molecule has 0 unspecified atom stereocenters. The van der Waals surface area contributed by atoms with Gasteiger partial charge in [0.05, 0.1) is 6.04 Å². The number of hydrogen-bond donors (Lipinski definition) is 2. The fraction of sp³-hybridized carbons (Fsp3) is 0.429. The van der Waals surface area contributed by atoms with Crippen molar-refractivity contribution < 1.29 is 4.42 Å². The van der Waals surface area contributed by atoms with Crippen molar-refractivity contribution in [1.29, 1.82) is 0 Å². The van der Waals surface area contributed by atoms with Crippen molar-refractivity contribution in [2.24, 2.45) is 5.73 Å². The highest BCUT2D eigenvalue weighted by molar-refractivity contribution is 5.85. The molecule has 0 saturated carbocycles. The molecule has 1 aliphatic carbocycles. The standard InChI is InChI=1S/C14H17N3O2.ClH/c1-8(12(15)13-16-17-14(18)19-13)10-6-2-4-9-5-3-7-11(9)10;/h2,4,6,8,12H,3,5,7,15H2,1H3,(H,17,18);1H/t8-,12+;/m1./s1. The third-order valence-electron chi connectivity index (χ3n) is 3.95. The summed E-state index contributed by atoms with van der Waals surface area (Å²) in [7, 11) is 0. The second-order valence-electron chi connectivity index (χ2n) is 5.10. The first-order chi connectivity index (χ1) is 9.16. The van der Waals surface area contributed by atoms with Crippen LogP contribution in [-0.2, 0) is 12.8 Å². The highest BCUT2D eigenvalue weighted by Crippen LogP contribution is 2.34. The van der Waals surface area contributed by atoms with Gasteiger partial charge < -0.3 is 10.2 Å². The lowest BCUT2D eigenvalue weighted by atomic mass is 9.88. The molecule has 3 rings (SSSR count). The van der Waals surface area contributed by atoms with Gasteiger partial charge in [0.25, 0.3) is 0 Å². The van der Waals surface area contributed by atoms with Crippen LogP contribution < -0.4 is 11.5 Å². The number of fused-ring (bicyclic) bond motifs is 1. The normalized spacial score (nSPS) is 16.3. The van der Waals surface area contributed by atoms with E-state index < -0.39 is 11.8 Å². The van der Waals surface area contributed by atoms with E-state index in [0.717, 1.165) is 12.8 Å². The molecule has 0 fully saturated rings. The van der Waals surface area contributed by atoms with E-state index in [1.807, 2.05) is 6.92 Å². The van der Waals surface area contributed by atoms with Crippen molar-refractivity contribution >= 4 is 12.4 Å². The van der Waals surface area contributed by atoms with E-state index in [2.05, 4.69) is 28.4 Å². The molecule has 20 heavy (non-hydrogen) atoms. The lowest BCUT2D eigenvalue weighted by Gasteiger charge is -2.20. The van der Waals surface area contributed by atoms with Gasteiger partial charge in [-0.15, -0.1) is 17.5 Å². The SMILES string of the molecule is C[C@H](c1cccc2c1CCC2)[C@H](N)c1n[nH]c(=O)o1.Cl. The van der Waals surface area contributed by atoms with Crippen LogP contribution in [0.25, 0.3) is 0 Å². The van der Waals surface area contributed by atoms with E-state index in [1.54, 1.807) is 0 Å². The number of rotatable bonds is 3. The first-order valence-corrected chi connectivity index (χ1v) is 6.58. The predicted octanol–water partition coefficient (Wildman–Crippen LogP) is 2.08. The first kappa shape index (κ1) is 14.8. The fourth-order valence-corrected chi connectivity index (χ4v) is 2.87. The van der Waals surface area contributed by atoms with Crippen LogP contribution in [0.15, 0.2) is 27.4 Å². The van der Waals surface area contributed by atoms with Crippen LogP contribution in [0.3, 0.4) is 0 Å². The van der Waals surface area contributed by atoms with Crippen molar-refractivity contribution in [3.05, 3.63) is 51.3 Å². The van der Waals surface area contributed by atoms with Gasteiger partial charge in [0, 0.05) is 5.92 Å². The molecule has 0 bridgehead atoms. The average Bonchev–Trinajstić information content (AvgIpc) is 3.04. The van der Waals surface area contributed by atoms with Crippen molar-refractivity contribution in [2.75, 3.05) is 0 Å². The third kappa shape index (κ3) is 2.51. The minimum Gasteiger partial charge on any atom is -0.391 e. The van der Waals surface area contributed by atoms with Gasteiger partial charge in [-0.05, 0) is 36.0 Å². The Balaban J connectivity index is 0.00000147. The number of aromatic nitrogens is 2. The first-order valence-electron chi connectivity index (χ1n) is 6.58. The zero-order chi connectivity index (χ0) is 13.4. The van der Waals surface area contributed by atoms with E-state index in [1.165, 1.54) is 23.1 Å². The average molecular weight is 296 g/mol. The molecule has 0 aliphatic heterocycles. The van der Waals surface area contributed by atoms with Gasteiger partial charge in [-0.1, -0.05) is 25.1 Å². The van der Waals surface area contributed by atoms with E-state index >= 15 is 0 Å². The van der Waals surface area contributed by atoms with E-state index in [0.29, 0.717) is 0 Å². The lowest BCUT2D eigenvalue weighted by molar-refractivity contribution is 0.401. The van der Waals surface area contributed by atoms with Crippen LogP contribution >= 0.6 is 12.4 Å². The second-order valence-corrected chi connectivity index (χ2v) is 5.10. The summed E-state index contributed by atoms with van der Waals surface area (Å²) in [6.45, 7) is 2.05. The summed E-state index contributed by atoms with van der Waals surface area (Å²) in [6, 6.07) is 5.95. The summed E-state index contributed by atoms with van der Waals surface area (Å²) < 4.78 is 4.96. The summed E-state index contributed by atoms with van der Waals surface area (Å²) >= 11 is 0. The molecule has 2 atom stereocenters. The number of nitrogens with zero attached hydrogens (tertiary/aromatic N) is 1. The van der Waals surface area contributed by atoms with Gasteiger partial charge in [0.15, 0.2) is 0 Å². The topological polar surface area (TPSA) is 84.9 Å². The molecule has 6 heteroatoms. The van der Waals surface area contributed by atoms with Crippen molar-refractivity contribution in [3.63, 3.8) is 0 Å². The van der Waals surface area contributed by atoms with Gasteiger partial charge in [-0.3, -0.25) is 0 Å². The molecule has 2 aromatic rings. The zero-order valence-corrected chi connectivity index (χ0v) is 12.1. The highest BCUT2D eigenvalue weighted by atomic mass is 35.5. The maximum atomic E-state index is 11.0. The fourth-order valence-electron chi connectivity index (χ4n) is 2.87. The van der Waals surface area contributed by atoms with Crippen LogP contribution in [0.1, 0.15) is 47.9 Å². The van der Waals surface area contributed by atoms with Crippen LogP contribution in [0, 0.1) is 0 Å². The summed E-state index contributed by atoms with van der Waals surface area (Å²) in [5.41, 5.74) is 10.2. The van der Waals surface area contributed by atoms with E-state index in [-0.39, 0.29) is 24.2 Å². The number of aromatic amines is 1. The van der Waals surface area contributed by atoms with Crippen LogP contribution in [0.2, 0.25) is 0 Å². The zero-order valence-electron chi connectivity index (χ0n) is 11.3. The number of H-pyrrole nitrogens is 1. The third-order valence-corrected chi connectivity index (χ3v) is 3.95. The number of nitrogens with two attached hydrogens (primary N) is 1. The molecule has 0 radical (unpaired) electrons. The second kappa shape index (κ2) is 5.81. The molecular formula is C14H18ClN3O2. The number of aryl methyl sites for hydroxylation is 1. The molecule has 1 aromatic heterocycles. The molecule has 1 aromatic carbocycles. The van der Waals surface area contributed by atoms with E-state index in [9.17, 15) is 4.79 Å². The molecule has 3 N–H and O–H groups in total. The largest absolute Gasteiger partial charge is 0.434 e. The molecule has 0 amide bonds. The van der Waals surface area contributed by atoms with Crippen LogP contribution in [0.5, 0.6) is 0 Å². The van der Waals surface area contributed by atoms with E-state index in [4.69, 9.17) is 10.2 Å². The maximum Gasteiger partial charge on any atom is 0.434 e. The Morgan fingerprint density at radius 2 is 2.20 bits per heavy atom. The molecule has 108 valence electrons. The molecule has 5 nitrogen and oxygen atoms in total. The molecule has 0 spiro atoms. The minimum atomic E-state index is -0.559. The predicted molar refractivity (Wildman–Crippen MR) is 78.2 cm³/mol. The number of halogens is 1. The Hall–Kier alpha value is -1.59. The smallest absolute Gasteiger partial charge is 0.391 e. The van der Waals surface area contributed by atoms with Crippen LogP contribution in [0.4, 0.5) is 0 Å². The molecule has 1 heterocycles. The Bertz CT molecular complexity index is 650. The number of nitrogens with one attached hydrogen (secondary N) is 1. The molecular weight excluding hydrogens is 278 g/mol. The summed E-state index contributed by atoms with van der Waals surface area (Å²) in [4.78, 5) is 11.0. The molecule has 1 aliphatic rings. The van der Waals surface area contributed by atoms with Crippen molar-refractivity contribution in [3.8, 4) is 0 Å². The van der Waals surface area contributed by atoms with Crippen LogP contribution in [-0.4, -0.2) is 10.2 Å². The summed E-state index contributed by atoms with van der Waals surface area (Å²) in [5, 5.41) is 6.08. The lowest BCUT2D eigenvalue weighted by Crippen LogP contribution is -2.19. The van der Waals surface area contributed by atoms with Gasteiger partial charge in [-0.2, -0.15) is 0 Å². The van der Waals surface area contributed by atoms with Crippen molar-refractivity contribution in [1.82, 2.24) is 10.2 Å². The Labute approximate surface area is 123 Å². The maximum absolute atomic E-state index is 11.0. The Morgan fingerprint density at radius 3 is 2.90 bits per heavy atom. The Kier molecular flexibility index (Phi) is 4.30. The summed E-state index contributed by atoms with van der Waals surface area (Å²) in [6.07, 6.45) is 3.45. The summed E-state index contributed by atoms with van der Waals surface area (Å²) in [5.74, 6) is -0.219. The van der Waals surface area contributed by atoms with Gasteiger partial charge in [-0.25, -0.2) is 9.89 Å². The minimum absolute atomic E-state index is 0. The van der Waals surface area contributed by atoms with Gasteiger partial charge >= 0.3 is 5.76 Å².